The number of hydrogen-bond acceptors (Lipinski definition) is 5. The Bertz CT molecular complexity index is 3470. The molecule has 0 bridgehead atoms. The summed E-state index contributed by atoms with van der Waals surface area (Å²) in [5.74, 6) is 0.284. The largest absolute Gasteiger partial charge is 0.456 e. The van der Waals surface area contributed by atoms with Crippen molar-refractivity contribution in [1.29, 1.82) is 0 Å². The smallest absolute Gasteiger partial charge is 0.200 e. The molecule has 0 radical (unpaired) electrons. The van der Waals surface area contributed by atoms with Crippen molar-refractivity contribution in [2.45, 2.75) is 12.3 Å². The van der Waals surface area contributed by atoms with Gasteiger partial charge in [0.15, 0.2) is 0 Å². The van der Waals surface area contributed by atoms with E-state index in [0.717, 1.165) is 56.4 Å². The van der Waals surface area contributed by atoms with Gasteiger partial charge in [0.25, 0.3) is 0 Å². The molecule has 1 atom stereocenters. The Hall–Kier alpha value is -7.44. The lowest BCUT2D eigenvalue weighted by atomic mass is 9.92. The van der Waals surface area contributed by atoms with Crippen molar-refractivity contribution >= 4 is 77.1 Å². The Kier molecular flexibility index (Phi) is 6.38. The number of hydrogen-bond donors (Lipinski definition) is 0. The lowest BCUT2D eigenvalue weighted by Crippen LogP contribution is -2.15. The van der Waals surface area contributed by atoms with Crippen LogP contribution in [0, 0.1) is 0 Å². The van der Waals surface area contributed by atoms with E-state index in [4.69, 9.17) is 8.83 Å². The van der Waals surface area contributed by atoms with Crippen molar-refractivity contribution in [2.75, 3.05) is 4.90 Å². The summed E-state index contributed by atoms with van der Waals surface area (Å²) < 4.78 is 14.9. The second-order valence-corrected chi connectivity index (χ2v) is 14.7. The maximum Gasteiger partial charge on any atom is 0.200 e. The molecule has 1 aliphatic carbocycles. The van der Waals surface area contributed by atoms with Crippen LogP contribution in [0.1, 0.15) is 17.9 Å². The van der Waals surface area contributed by atoms with Crippen LogP contribution in [0.4, 0.5) is 11.4 Å². The van der Waals surface area contributed by atoms with Crippen LogP contribution in [0.25, 0.3) is 82.5 Å². The summed E-state index contributed by atoms with van der Waals surface area (Å²) in [5, 5.41) is 4.28. The number of rotatable bonds is 3. The molecule has 0 saturated heterocycles. The highest BCUT2D eigenvalue weighted by atomic mass is 16.3. The fraction of sp³-hybridized carbons (Fsp3) is 0.0400. The molecule has 264 valence electrons. The minimum Gasteiger partial charge on any atom is -0.456 e. The highest BCUT2D eigenvalue weighted by Crippen LogP contribution is 2.50. The Balaban J connectivity index is 0.974. The highest BCUT2D eigenvalue weighted by Gasteiger charge is 2.34. The van der Waals surface area contributed by atoms with Gasteiger partial charge in [-0.05, 0) is 108 Å². The van der Waals surface area contributed by atoms with Crippen LogP contribution in [-0.2, 0) is 0 Å². The van der Waals surface area contributed by atoms with Crippen LogP contribution in [0.2, 0.25) is 0 Å². The van der Waals surface area contributed by atoms with E-state index >= 15 is 0 Å². The Morgan fingerprint density at radius 2 is 1.02 bits per heavy atom. The molecule has 3 aromatic heterocycles. The summed E-state index contributed by atoms with van der Waals surface area (Å²) in [6.07, 6.45) is 7.43. The quantitative estimate of drug-likeness (QED) is 0.170. The minimum absolute atomic E-state index is 0.101. The molecule has 4 heterocycles. The molecule has 1 unspecified atom stereocenters. The molecule has 56 heavy (non-hydrogen) atoms. The van der Waals surface area contributed by atoms with Gasteiger partial charge in [0.05, 0.1) is 32.6 Å². The third-order valence-electron chi connectivity index (χ3n) is 11.7. The molecule has 12 rings (SSSR count). The molecule has 0 spiro atoms. The third kappa shape index (κ3) is 4.38. The first-order chi connectivity index (χ1) is 27.6. The monoisotopic (exact) mass is 722 g/mol. The lowest BCUT2D eigenvalue weighted by Gasteiger charge is -2.24. The van der Waals surface area contributed by atoms with Gasteiger partial charge in [-0.15, -0.1) is 0 Å². The Labute approximate surface area is 319 Å². The zero-order valence-corrected chi connectivity index (χ0v) is 29.9. The number of fused-ring (bicyclic) bond motifs is 10. The van der Waals surface area contributed by atoms with Gasteiger partial charge in [0.1, 0.15) is 22.3 Å². The van der Waals surface area contributed by atoms with Gasteiger partial charge in [-0.25, -0.2) is 0 Å². The number of para-hydroxylation sites is 3. The zero-order chi connectivity index (χ0) is 37.1. The van der Waals surface area contributed by atoms with Crippen LogP contribution in [-0.4, -0.2) is 4.57 Å². The lowest BCUT2D eigenvalue weighted by molar-refractivity contribution is 0.659. The van der Waals surface area contributed by atoms with Crippen molar-refractivity contribution < 1.29 is 8.83 Å². The van der Waals surface area contributed by atoms with E-state index in [2.05, 4.69) is 76.2 Å². The maximum absolute atomic E-state index is 14.3. The van der Waals surface area contributed by atoms with Gasteiger partial charge in [-0.2, -0.15) is 0 Å². The van der Waals surface area contributed by atoms with E-state index in [1.807, 2.05) is 97.1 Å². The van der Waals surface area contributed by atoms with E-state index in [-0.39, 0.29) is 16.8 Å². The molecule has 2 aliphatic rings. The SMILES string of the molecule is O=c1c2cc(-c3ccc4oc5ccc(-n6c7ccccc7c7ccccc76)cc5c(=O)c4c3)ccc2oc2ccc(N3C4=CC=CCC4c4ccccc43)cc12. The van der Waals surface area contributed by atoms with E-state index in [1.54, 1.807) is 0 Å². The number of aromatic nitrogens is 1. The van der Waals surface area contributed by atoms with Gasteiger partial charge in [0.2, 0.25) is 10.9 Å². The summed E-state index contributed by atoms with van der Waals surface area (Å²) in [7, 11) is 0. The van der Waals surface area contributed by atoms with Gasteiger partial charge in [0, 0.05) is 39.4 Å². The summed E-state index contributed by atoms with van der Waals surface area (Å²) in [4.78, 5) is 30.9. The average Bonchev–Trinajstić information content (AvgIpc) is 3.77. The normalized spacial score (nSPS) is 15.0. The van der Waals surface area contributed by atoms with Gasteiger partial charge >= 0.3 is 0 Å². The van der Waals surface area contributed by atoms with Crippen molar-refractivity contribution in [2.24, 2.45) is 0 Å². The predicted octanol–water partition coefficient (Wildman–Crippen LogP) is 12.0. The topological polar surface area (TPSA) is 68.6 Å². The average molecular weight is 723 g/mol. The fourth-order valence-electron chi connectivity index (χ4n) is 9.07. The summed E-state index contributed by atoms with van der Waals surface area (Å²) >= 11 is 0. The molecule has 0 amide bonds. The summed E-state index contributed by atoms with van der Waals surface area (Å²) in [6, 6.07) is 48.1. The van der Waals surface area contributed by atoms with Crippen LogP contribution in [0.5, 0.6) is 0 Å². The second-order valence-electron chi connectivity index (χ2n) is 14.7. The van der Waals surface area contributed by atoms with Crippen molar-refractivity contribution in [3.63, 3.8) is 0 Å². The van der Waals surface area contributed by atoms with Gasteiger partial charge < -0.3 is 18.3 Å². The Morgan fingerprint density at radius 3 is 1.66 bits per heavy atom. The molecule has 0 saturated carbocycles. The Morgan fingerprint density at radius 1 is 0.500 bits per heavy atom. The number of nitrogens with zero attached hydrogens (tertiary/aromatic N) is 2. The van der Waals surface area contributed by atoms with Crippen molar-refractivity contribution in [3.8, 4) is 16.8 Å². The molecule has 6 nitrogen and oxygen atoms in total. The van der Waals surface area contributed by atoms with E-state index in [9.17, 15) is 9.59 Å². The molecular formula is C50H30N2O4. The number of allylic oxidation sites excluding steroid dienone is 4. The van der Waals surface area contributed by atoms with E-state index in [0.29, 0.717) is 43.9 Å². The first kappa shape index (κ1) is 31.0. The predicted molar refractivity (Wildman–Crippen MR) is 226 cm³/mol. The van der Waals surface area contributed by atoms with Crippen molar-refractivity contribution in [3.05, 3.63) is 196 Å². The van der Waals surface area contributed by atoms with Crippen LogP contribution in [0.15, 0.2) is 188 Å². The van der Waals surface area contributed by atoms with Crippen LogP contribution in [0.3, 0.4) is 0 Å². The molecule has 0 fully saturated rings. The first-order valence-corrected chi connectivity index (χ1v) is 18.8. The molecule has 6 heteroatoms. The van der Waals surface area contributed by atoms with Crippen molar-refractivity contribution in [1.82, 2.24) is 4.57 Å². The number of benzene rings is 7. The molecular weight excluding hydrogens is 693 g/mol. The highest BCUT2D eigenvalue weighted by molar-refractivity contribution is 6.09. The molecule has 0 N–H and O–H groups in total. The summed E-state index contributed by atoms with van der Waals surface area (Å²) in [5.41, 5.74) is 11.0. The fourth-order valence-corrected chi connectivity index (χ4v) is 9.07. The number of anilines is 2. The third-order valence-corrected chi connectivity index (χ3v) is 11.7. The zero-order valence-electron chi connectivity index (χ0n) is 29.9. The summed E-state index contributed by atoms with van der Waals surface area (Å²) in [6.45, 7) is 0. The van der Waals surface area contributed by atoms with Gasteiger partial charge in [-0.1, -0.05) is 78.9 Å². The molecule has 7 aromatic carbocycles. The van der Waals surface area contributed by atoms with Crippen LogP contribution >= 0.6 is 0 Å². The standard InChI is InChI=1S/C50H30N2O4/c53-49-37-25-29(17-21-45(37)55-47-23-19-31(27-39(47)49)51-41-13-5-1-9-33(41)34-10-2-6-14-42(34)51)30-18-22-46-38(26-30)50(54)40-28-32(20-24-48(40)56-46)52-43-15-7-3-11-35(43)36-12-4-8-16-44(36)52/h1-11,13-28,36H,12H2. The molecule has 10 aromatic rings. The van der Waals surface area contributed by atoms with E-state index in [1.165, 1.54) is 11.3 Å². The van der Waals surface area contributed by atoms with Gasteiger partial charge in [-0.3, -0.25) is 9.59 Å². The van der Waals surface area contributed by atoms with E-state index < -0.39 is 0 Å². The first-order valence-electron chi connectivity index (χ1n) is 18.8. The maximum atomic E-state index is 14.3. The van der Waals surface area contributed by atoms with Crippen LogP contribution < -0.4 is 15.8 Å². The molecule has 1 aliphatic heterocycles. The minimum atomic E-state index is -0.112. The second kappa shape index (κ2) is 11.5.